The van der Waals surface area contributed by atoms with Crippen molar-refractivity contribution in [3.8, 4) is 5.75 Å². The number of methoxy groups -OCH3 is 1. The molecule has 0 saturated carbocycles. The Hall–Kier alpha value is -1.54. The number of nitrogens with zero attached hydrogens (tertiary/aromatic N) is 2. The molecule has 8 heteroatoms. The molecule has 0 spiro atoms. The maximum absolute atomic E-state index is 12.4. The molecule has 142 valence electrons. The van der Waals surface area contributed by atoms with Crippen molar-refractivity contribution in [2.75, 3.05) is 18.6 Å². The molecule has 2 aliphatic heterocycles. The molecule has 0 aliphatic carbocycles. The van der Waals surface area contributed by atoms with Gasteiger partial charge in [0.05, 0.1) is 24.7 Å². The topological polar surface area (TPSA) is 76.0 Å². The van der Waals surface area contributed by atoms with Crippen LogP contribution < -0.4 is 4.74 Å². The van der Waals surface area contributed by atoms with E-state index in [1.807, 2.05) is 49.9 Å². The molecule has 0 radical (unpaired) electrons. The summed E-state index contributed by atoms with van der Waals surface area (Å²) in [5, 5.41) is 0.530. The van der Waals surface area contributed by atoms with Gasteiger partial charge in [0.1, 0.15) is 5.75 Å². The molecule has 1 amide bonds. The fraction of sp³-hybridized carbons (Fsp3) is 0.556. The van der Waals surface area contributed by atoms with Gasteiger partial charge in [-0.25, -0.2) is 8.42 Å². The Kier molecular flexibility index (Phi) is 5.09. The van der Waals surface area contributed by atoms with E-state index in [2.05, 4.69) is 4.99 Å². The van der Waals surface area contributed by atoms with E-state index in [0.29, 0.717) is 11.7 Å². The lowest BCUT2D eigenvalue weighted by atomic mass is 9.96. The van der Waals surface area contributed by atoms with Gasteiger partial charge >= 0.3 is 0 Å². The molecule has 0 bridgehead atoms. The zero-order valence-corrected chi connectivity index (χ0v) is 17.1. The summed E-state index contributed by atoms with van der Waals surface area (Å²) in [5.41, 5.74) is 0.365. The van der Waals surface area contributed by atoms with Crippen LogP contribution in [-0.2, 0) is 21.2 Å². The molecule has 2 fully saturated rings. The van der Waals surface area contributed by atoms with Gasteiger partial charge in [0.15, 0.2) is 15.0 Å². The minimum atomic E-state index is -3.06. The fourth-order valence-electron chi connectivity index (χ4n) is 3.09. The predicted octanol–water partition coefficient (Wildman–Crippen LogP) is 2.34. The van der Waals surface area contributed by atoms with Crippen LogP contribution in [0.3, 0.4) is 0 Å². The number of fused-ring (bicyclic) bond motifs is 1. The number of amides is 1. The second kappa shape index (κ2) is 6.88. The molecule has 2 atom stereocenters. The smallest absolute Gasteiger partial charge is 0.253 e. The van der Waals surface area contributed by atoms with E-state index in [9.17, 15) is 13.2 Å². The Balaban J connectivity index is 1.95. The Bertz CT molecular complexity index is 843. The average molecular weight is 397 g/mol. The summed E-state index contributed by atoms with van der Waals surface area (Å²) in [5.74, 6) is 0.770. The summed E-state index contributed by atoms with van der Waals surface area (Å²) < 4.78 is 29.6. The minimum Gasteiger partial charge on any atom is -0.496 e. The third-order valence-electron chi connectivity index (χ3n) is 4.55. The van der Waals surface area contributed by atoms with E-state index in [4.69, 9.17) is 4.74 Å². The summed E-state index contributed by atoms with van der Waals surface area (Å²) in [6.07, 6.45) is 0. The van der Waals surface area contributed by atoms with E-state index < -0.39 is 15.3 Å². The van der Waals surface area contributed by atoms with E-state index in [1.165, 1.54) is 11.8 Å². The van der Waals surface area contributed by atoms with Crippen molar-refractivity contribution in [1.82, 2.24) is 4.90 Å². The SMILES string of the molecule is COc1ccccc1CN1C(=NC(=O)C(C)(C)C)S[C@@H]2CS(=O)(=O)C[C@H]21. The number of carbonyl (C=O) groups excluding carboxylic acids is 1. The van der Waals surface area contributed by atoms with E-state index >= 15 is 0 Å². The van der Waals surface area contributed by atoms with Gasteiger partial charge in [-0.2, -0.15) is 4.99 Å². The Morgan fingerprint density at radius 1 is 1.31 bits per heavy atom. The maximum atomic E-state index is 12.4. The van der Waals surface area contributed by atoms with Gasteiger partial charge in [0, 0.05) is 22.8 Å². The Morgan fingerprint density at radius 3 is 2.65 bits per heavy atom. The number of rotatable bonds is 3. The molecule has 1 aromatic rings. The second-order valence-corrected chi connectivity index (χ2v) is 11.0. The summed E-state index contributed by atoms with van der Waals surface area (Å²) >= 11 is 1.40. The predicted molar refractivity (Wildman–Crippen MR) is 104 cm³/mol. The second-order valence-electron chi connectivity index (χ2n) is 7.69. The number of para-hydroxylation sites is 1. The number of sulfone groups is 1. The van der Waals surface area contributed by atoms with Crippen LogP contribution in [0.15, 0.2) is 29.3 Å². The van der Waals surface area contributed by atoms with Crippen molar-refractivity contribution in [2.24, 2.45) is 10.4 Å². The molecule has 0 N–H and O–H groups in total. The van der Waals surface area contributed by atoms with Crippen LogP contribution in [-0.4, -0.2) is 54.3 Å². The lowest BCUT2D eigenvalue weighted by Gasteiger charge is -2.26. The standard InChI is InChI=1S/C18H24N2O4S2/c1-18(2,3)16(21)19-17-20(9-12-7-5-6-8-14(12)24-4)13-10-26(22,23)11-15(13)25-17/h5-8,13,15H,9-11H2,1-4H3/t13-,15-/m1/s1. The molecule has 2 heterocycles. The largest absolute Gasteiger partial charge is 0.496 e. The zero-order chi connectivity index (χ0) is 19.1. The number of hydrogen-bond donors (Lipinski definition) is 0. The Morgan fingerprint density at radius 2 is 2.00 bits per heavy atom. The van der Waals surface area contributed by atoms with Crippen molar-refractivity contribution >= 4 is 32.7 Å². The molecule has 3 rings (SSSR count). The zero-order valence-electron chi connectivity index (χ0n) is 15.4. The van der Waals surface area contributed by atoms with Gasteiger partial charge in [0.25, 0.3) is 5.91 Å². The normalized spacial score (nSPS) is 26.2. The van der Waals surface area contributed by atoms with Crippen molar-refractivity contribution in [1.29, 1.82) is 0 Å². The van der Waals surface area contributed by atoms with E-state index in [1.54, 1.807) is 7.11 Å². The average Bonchev–Trinajstić information content (AvgIpc) is 3.00. The number of benzene rings is 1. The van der Waals surface area contributed by atoms with Crippen molar-refractivity contribution in [3.63, 3.8) is 0 Å². The van der Waals surface area contributed by atoms with Gasteiger partial charge in [-0.1, -0.05) is 50.7 Å². The molecular formula is C18H24N2O4S2. The van der Waals surface area contributed by atoms with Gasteiger partial charge in [-0.15, -0.1) is 0 Å². The summed E-state index contributed by atoms with van der Waals surface area (Å²) in [6.45, 7) is 5.95. The van der Waals surface area contributed by atoms with Crippen LogP contribution in [0.1, 0.15) is 26.3 Å². The van der Waals surface area contributed by atoms with Gasteiger partial charge < -0.3 is 9.64 Å². The fourth-order valence-corrected chi connectivity index (χ4v) is 7.04. The molecule has 6 nitrogen and oxygen atoms in total. The highest BCUT2D eigenvalue weighted by Crippen LogP contribution is 2.40. The van der Waals surface area contributed by atoms with Crippen LogP contribution >= 0.6 is 11.8 Å². The molecule has 0 aromatic heterocycles. The lowest BCUT2D eigenvalue weighted by Crippen LogP contribution is -2.37. The highest BCUT2D eigenvalue weighted by atomic mass is 32.2. The van der Waals surface area contributed by atoms with Crippen molar-refractivity contribution < 1.29 is 17.9 Å². The first kappa shape index (κ1) is 19.2. The summed E-state index contributed by atoms with van der Waals surface area (Å²) in [6, 6.07) is 7.46. The number of carbonyl (C=O) groups is 1. The number of hydrogen-bond acceptors (Lipinski definition) is 5. The first-order valence-electron chi connectivity index (χ1n) is 8.49. The maximum Gasteiger partial charge on any atom is 0.253 e. The monoisotopic (exact) mass is 396 g/mol. The van der Waals surface area contributed by atoms with Crippen LogP contribution in [0.4, 0.5) is 0 Å². The first-order valence-corrected chi connectivity index (χ1v) is 11.2. The van der Waals surface area contributed by atoms with Gasteiger partial charge in [-0.3, -0.25) is 4.79 Å². The quantitative estimate of drug-likeness (QED) is 0.781. The molecule has 26 heavy (non-hydrogen) atoms. The van der Waals surface area contributed by atoms with Crippen LogP contribution in [0.2, 0.25) is 0 Å². The number of aliphatic imine (C=N–C) groups is 1. The summed E-state index contributed by atoms with van der Waals surface area (Å²) in [4.78, 5) is 18.7. The number of amidine groups is 1. The molecule has 1 aromatic carbocycles. The summed E-state index contributed by atoms with van der Waals surface area (Å²) in [7, 11) is -1.45. The third-order valence-corrected chi connectivity index (χ3v) is 7.79. The van der Waals surface area contributed by atoms with Gasteiger partial charge in [0.2, 0.25) is 0 Å². The molecule has 2 saturated heterocycles. The number of thioether (sulfide) groups is 1. The highest BCUT2D eigenvalue weighted by Gasteiger charge is 2.49. The highest BCUT2D eigenvalue weighted by molar-refractivity contribution is 8.15. The molecule has 0 unspecified atom stereocenters. The first-order chi connectivity index (χ1) is 12.1. The van der Waals surface area contributed by atoms with Crippen molar-refractivity contribution in [2.45, 2.75) is 38.6 Å². The minimum absolute atomic E-state index is 0.0822. The number of ether oxygens (including phenoxy) is 1. The van der Waals surface area contributed by atoms with Crippen molar-refractivity contribution in [3.05, 3.63) is 29.8 Å². The van der Waals surface area contributed by atoms with E-state index in [0.717, 1.165) is 11.3 Å². The molecular weight excluding hydrogens is 372 g/mol. The third kappa shape index (κ3) is 3.91. The molecule has 2 aliphatic rings. The Labute approximate surface area is 158 Å². The van der Waals surface area contributed by atoms with Crippen LogP contribution in [0.5, 0.6) is 5.75 Å². The van der Waals surface area contributed by atoms with Crippen LogP contribution in [0, 0.1) is 5.41 Å². The van der Waals surface area contributed by atoms with Gasteiger partial charge in [-0.05, 0) is 6.07 Å². The lowest BCUT2D eigenvalue weighted by molar-refractivity contribution is -0.124. The van der Waals surface area contributed by atoms with E-state index in [-0.39, 0.29) is 28.7 Å². The van der Waals surface area contributed by atoms with Crippen LogP contribution in [0.25, 0.3) is 0 Å².